The van der Waals surface area contributed by atoms with Crippen molar-refractivity contribution in [2.45, 2.75) is 18.9 Å². The smallest absolute Gasteiger partial charge is 0.322 e. The molecule has 6 nitrogen and oxygen atoms in total. The van der Waals surface area contributed by atoms with Crippen LogP contribution in [0.3, 0.4) is 0 Å². The third kappa shape index (κ3) is 2.98. The van der Waals surface area contributed by atoms with Crippen LogP contribution >= 0.6 is 0 Å². The maximum absolute atomic E-state index is 12.7. The van der Waals surface area contributed by atoms with Gasteiger partial charge in [0.15, 0.2) is 0 Å². The number of para-hydroxylation sites is 1. The molecule has 0 aliphatic carbocycles. The molecule has 1 N–H and O–H groups in total. The van der Waals surface area contributed by atoms with Crippen LogP contribution in [0, 0.1) is 0 Å². The lowest BCUT2D eigenvalue weighted by molar-refractivity contribution is -0.117. The number of hydrogen-bond donors (Lipinski definition) is 1. The van der Waals surface area contributed by atoms with Crippen LogP contribution in [0.4, 0.5) is 16.2 Å². The van der Waals surface area contributed by atoms with Gasteiger partial charge < -0.3 is 15.0 Å². The zero-order chi connectivity index (χ0) is 18.1. The van der Waals surface area contributed by atoms with Gasteiger partial charge in [-0.1, -0.05) is 24.3 Å². The van der Waals surface area contributed by atoms with E-state index in [9.17, 15) is 9.59 Å². The number of nitrogens with zero attached hydrogens (tertiary/aromatic N) is 2. The topological polar surface area (TPSA) is 61.9 Å². The van der Waals surface area contributed by atoms with Gasteiger partial charge >= 0.3 is 6.03 Å². The lowest BCUT2D eigenvalue weighted by Gasteiger charge is -2.21. The van der Waals surface area contributed by atoms with Gasteiger partial charge in [0.25, 0.3) is 0 Å². The first-order chi connectivity index (χ1) is 12.7. The van der Waals surface area contributed by atoms with Crippen LogP contribution in [-0.2, 0) is 11.2 Å². The van der Waals surface area contributed by atoms with Gasteiger partial charge in [0.2, 0.25) is 5.91 Å². The van der Waals surface area contributed by atoms with Gasteiger partial charge in [-0.3, -0.25) is 9.69 Å². The molecule has 2 heterocycles. The number of carbonyl (C=O) groups is 2. The molecule has 4 rings (SSSR count). The second-order valence-corrected chi connectivity index (χ2v) is 6.59. The maximum atomic E-state index is 12.7. The monoisotopic (exact) mass is 351 g/mol. The van der Waals surface area contributed by atoms with Gasteiger partial charge in [0, 0.05) is 37.0 Å². The van der Waals surface area contributed by atoms with Crippen molar-refractivity contribution in [2.75, 3.05) is 30.0 Å². The van der Waals surface area contributed by atoms with Crippen LogP contribution in [0.2, 0.25) is 0 Å². The van der Waals surface area contributed by atoms with E-state index in [2.05, 4.69) is 5.32 Å². The Morgan fingerprint density at radius 3 is 2.88 bits per heavy atom. The number of amides is 3. The summed E-state index contributed by atoms with van der Waals surface area (Å²) in [6, 6.07) is 15.0. The molecule has 3 amide bonds. The largest absolute Gasteiger partial charge is 0.497 e. The quantitative estimate of drug-likeness (QED) is 0.924. The van der Waals surface area contributed by atoms with Crippen molar-refractivity contribution in [1.82, 2.24) is 5.32 Å². The van der Waals surface area contributed by atoms with E-state index >= 15 is 0 Å². The van der Waals surface area contributed by atoms with E-state index in [0.717, 1.165) is 17.8 Å². The highest BCUT2D eigenvalue weighted by Crippen LogP contribution is 2.28. The number of urea groups is 1. The standard InChI is InChI=1S/C20H21N3O3/c1-26-17-7-4-6-16(12-17)23-13-15(11-19(23)24)21-20(25)22-10-9-14-5-2-3-8-18(14)22/h2-8,12,15H,9-11,13H2,1H3,(H,21,25). The molecule has 26 heavy (non-hydrogen) atoms. The normalized spacial score (nSPS) is 18.8. The molecule has 1 atom stereocenters. The summed E-state index contributed by atoms with van der Waals surface area (Å²) >= 11 is 0. The molecule has 1 saturated heterocycles. The molecule has 1 fully saturated rings. The first-order valence-corrected chi connectivity index (χ1v) is 8.76. The van der Waals surface area contributed by atoms with Crippen molar-refractivity contribution in [3.8, 4) is 5.75 Å². The lowest BCUT2D eigenvalue weighted by atomic mass is 10.2. The van der Waals surface area contributed by atoms with Crippen molar-refractivity contribution < 1.29 is 14.3 Å². The minimum Gasteiger partial charge on any atom is -0.497 e. The first-order valence-electron chi connectivity index (χ1n) is 8.76. The summed E-state index contributed by atoms with van der Waals surface area (Å²) in [5, 5.41) is 3.01. The molecule has 0 saturated carbocycles. The molecule has 1 unspecified atom stereocenters. The maximum Gasteiger partial charge on any atom is 0.322 e. The molecule has 0 radical (unpaired) electrons. The number of nitrogens with one attached hydrogen (secondary N) is 1. The van der Waals surface area contributed by atoms with E-state index in [-0.39, 0.29) is 18.0 Å². The van der Waals surface area contributed by atoms with Crippen LogP contribution in [-0.4, -0.2) is 38.2 Å². The molecule has 2 aromatic rings. The zero-order valence-electron chi connectivity index (χ0n) is 14.6. The number of ether oxygens (including phenoxy) is 1. The van der Waals surface area contributed by atoms with E-state index in [1.165, 1.54) is 5.56 Å². The highest BCUT2D eigenvalue weighted by Gasteiger charge is 2.34. The summed E-state index contributed by atoms with van der Waals surface area (Å²) < 4.78 is 5.23. The number of hydrogen-bond acceptors (Lipinski definition) is 3. The Hall–Kier alpha value is -3.02. The van der Waals surface area contributed by atoms with E-state index in [4.69, 9.17) is 4.74 Å². The second kappa shape index (κ2) is 6.71. The van der Waals surface area contributed by atoms with Gasteiger partial charge in [-0.05, 0) is 30.2 Å². The molecular weight excluding hydrogens is 330 g/mol. The summed E-state index contributed by atoms with van der Waals surface area (Å²) in [7, 11) is 1.60. The van der Waals surface area contributed by atoms with Crippen LogP contribution in [0.5, 0.6) is 5.75 Å². The fraction of sp³-hybridized carbons (Fsp3) is 0.300. The van der Waals surface area contributed by atoms with E-state index in [0.29, 0.717) is 25.3 Å². The summed E-state index contributed by atoms with van der Waals surface area (Å²) in [5.74, 6) is 0.710. The molecule has 134 valence electrons. The molecule has 0 aromatic heterocycles. The Morgan fingerprint density at radius 1 is 1.19 bits per heavy atom. The van der Waals surface area contributed by atoms with Gasteiger partial charge in [0.1, 0.15) is 5.75 Å². The van der Waals surface area contributed by atoms with Gasteiger partial charge in [-0.2, -0.15) is 0 Å². The summed E-state index contributed by atoms with van der Waals surface area (Å²) in [6.07, 6.45) is 1.17. The summed E-state index contributed by atoms with van der Waals surface area (Å²) in [5.41, 5.74) is 2.93. The van der Waals surface area contributed by atoms with Crippen molar-refractivity contribution in [3.05, 3.63) is 54.1 Å². The van der Waals surface area contributed by atoms with Gasteiger partial charge in [-0.25, -0.2) is 4.79 Å². The third-order valence-electron chi connectivity index (χ3n) is 4.95. The fourth-order valence-corrected chi connectivity index (χ4v) is 3.63. The van der Waals surface area contributed by atoms with E-state index in [1.807, 2.05) is 48.5 Å². The van der Waals surface area contributed by atoms with Gasteiger partial charge in [0.05, 0.1) is 13.2 Å². The Labute approximate surface area is 152 Å². The average Bonchev–Trinajstić information content (AvgIpc) is 3.25. The number of methoxy groups -OCH3 is 1. The van der Waals surface area contributed by atoms with Crippen LogP contribution < -0.4 is 19.9 Å². The Morgan fingerprint density at radius 2 is 2.04 bits per heavy atom. The Kier molecular flexibility index (Phi) is 4.24. The fourth-order valence-electron chi connectivity index (χ4n) is 3.63. The van der Waals surface area contributed by atoms with Crippen LogP contribution in [0.1, 0.15) is 12.0 Å². The van der Waals surface area contributed by atoms with Gasteiger partial charge in [-0.15, -0.1) is 0 Å². The molecule has 6 heteroatoms. The summed E-state index contributed by atoms with van der Waals surface area (Å²) in [4.78, 5) is 28.5. The first kappa shape index (κ1) is 16.4. The highest BCUT2D eigenvalue weighted by molar-refractivity contribution is 5.98. The lowest BCUT2D eigenvalue weighted by Crippen LogP contribution is -2.45. The molecule has 0 bridgehead atoms. The molecular formula is C20H21N3O3. The molecule has 2 aliphatic rings. The van der Waals surface area contributed by atoms with Crippen molar-refractivity contribution in [1.29, 1.82) is 0 Å². The second-order valence-electron chi connectivity index (χ2n) is 6.59. The predicted octanol–water partition coefficient (Wildman–Crippen LogP) is 2.57. The number of rotatable bonds is 3. The summed E-state index contributed by atoms with van der Waals surface area (Å²) in [6.45, 7) is 1.14. The third-order valence-corrected chi connectivity index (χ3v) is 4.95. The van der Waals surface area contributed by atoms with E-state index < -0.39 is 0 Å². The van der Waals surface area contributed by atoms with Crippen molar-refractivity contribution >= 4 is 23.3 Å². The highest BCUT2D eigenvalue weighted by atomic mass is 16.5. The van der Waals surface area contributed by atoms with Crippen molar-refractivity contribution in [2.24, 2.45) is 0 Å². The molecule has 2 aromatic carbocycles. The Bertz CT molecular complexity index is 852. The SMILES string of the molecule is COc1cccc(N2CC(NC(=O)N3CCc4ccccc43)CC2=O)c1. The zero-order valence-corrected chi connectivity index (χ0v) is 14.6. The Balaban J connectivity index is 1.44. The van der Waals surface area contributed by atoms with Crippen LogP contribution in [0.15, 0.2) is 48.5 Å². The number of benzene rings is 2. The minimum absolute atomic E-state index is 0.00498. The number of fused-ring (bicyclic) bond motifs is 1. The minimum atomic E-state index is -0.200. The predicted molar refractivity (Wildman–Crippen MR) is 99.8 cm³/mol. The number of carbonyl (C=O) groups excluding carboxylic acids is 2. The number of anilines is 2. The van der Waals surface area contributed by atoms with Crippen molar-refractivity contribution in [3.63, 3.8) is 0 Å². The molecule has 0 spiro atoms. The average molecular weight is 351 g/mol. The molecule has 2 aliphatic heterocycles. The van der Waals surface area contributed by atoms with E-state index in [1.54, 1.807) is 16.9 Å². The van der Waals surface area contributed by atoms with Crippen LogP contribution in [0.25, 0.3) is 0 Å².